The molecule has 1 saturated heterocycles. The summed E-state index contributed by atoms with van der Waals surface area (Å²) in [6.45, 7) is 4.43. The Balaban J connectivity index is 1.44. The lowest BCUT2D eigenvalue weighted by Crippen LogP contribution is -2.48. The molecule has 0 bridgehead atoms. The number of nitrogens with zero attached hydrogens (tertiary/aromatic N) is 2. The third kappa shape index (κ3) is 4.58. The lowest BCUT2D eigenvalue weighted by Gasteiger charge is -2.34. The fraction of sp³-hybridized carbons (Fsp3) is 0.421. The summed E-state index contributed by atoms with van der Waals surface area (Å²) in [7, 11) is 1.69. The highest BCUT2D eigenvalue weighted by molar-refractivity contribution is 7.09. The Labute approximate surface area is 147 Å². The van der Waals surface area contributed by atoms with Crippen molar-refractivity contribution >= 4 is 17.2 Å². The van der Waals surface area contributed by atoms with Crippen LogP contribution in [0.1, 0.15) is 16.9 Å². The highest BCUT2D eigenvalue weighted by Gasteiger charge is 2.21. The number of hydrogen-bond donors (Lipinski definition) is 0. The van der Waals surface area contributed by atoms with Crippen molar-refractivity contribution in [2.45, 2.75) is 19.4 Å². The molecule has 24 heavy (non-hydrogen) atoms. The van der Waals surface area contributed by atoms with Crippen LogP contribution in [0, 0.1) is 0 Å². The maximum absolute atomic E-state index is 12.3. The lowest BCUT2D eigenvalue weighted by atomic mass is 10.1. The number of amides is 1. The standard InChI is InChI=1S/C19H24N2O2S/c1-23-17-5-2-4-16(14-17)15-20-9-11-21(12-10-20)19(22)8-7-18-6-3-13-24-18/h2-6,13-14H,7-12,15H2,1H3. The Morgan fingerprint density at radius 3 is 2.71 bits per heavy atom. The highest BCUT2D eigenvalue weighted by atomic mass is 32.1. The van der Waals surface area contributed by atoms with Crippen LogP contribution in [-0.4, -0.2) is 49.0 Å². The fourth-order valence-corrected chi connectivity index (χ4v) is 3.74. The summed E-state index contributed by atoms with van der Waals surface area (Å²) in [5.41, 5.74) is 1.26. The van der Waals surface area contributed by atoms with Gasteiger partial charge in [-0.1, -0.05) is 18.2 Å². The average Bonchev–Trinajstić information content (AvgIpc) is 3.14. The predicted molar refractivity (Wildman–Crippen MR) is 97.5 cm³/mol. The van der Waals surface area contributed by atoms with Crippen molar-refractivity contribution in [3.05, 3.63) is 52.2 Å². The normalized spacial score (nSPS) is 15.5. The van der Waals surface area contributed by atoms with Crippen LogP contribution in [0.15, 0.2) is 41.8 Å². The molecular formula is C19H24N2O2S. The Hall–Kier alpha value is -1.85. The van der Waals surface area contributed by atoms with E-state index in [-0.39, 0.29) is 5.91 Å². The van der Waals surface area contributed by atoms with Crippen molar-refractivity contribution in [2.75, 3.05) is 33.3 Å². The molecule has 0 saturated carbocycles. The summed E-state index contributed by atoms with van der Waals surface area (Å²) in [5.74, 6) is 1.18. The van der Waals surface area contributed by atoms with Gasteiger partial charge in [-0.05, 0) is 35.6 Å². The van der Waals surface area contributed by atoms with Gasteiger partial charge >= 0.3 is 0 Å². The van der Waals surface area contributed by atoms with Crippen molar-refractivity contribution in [3.63, 3.8) is 0 Å². The van der Waals surface area contributed by atoms with E-state index < -0.39 is 0 Å². The number of rotatable bonds is 6. The molecule has 2 aromatic rings. The molecule has 0 N–H and O–H groups in total. The molecule has 1 aromatic heterocycles. The zero-order chi connectivity index (χ0) is 16.8. The van der Waals surface area contributed by atoms with E-state index >= 15 is 0 Å². The van der Waals surface area contributed by atoms with Gasteiger partial charge in [0, 0.05) is 44.0 Å². The predicted octanol–water partition coefficient (Wildman–Crippen LogP) is 3.03. The Morgan fingerprint density at radius 2 is 2.00 bits per heavy atom. The average molecular weight is 344 g/mol. The number of carbonyl (C=O) groups excluding carboxylic acids is 1. The van der Waals surface area contributed by atoms with Crippen LogP contribution < -0.4 is 4.74 Å². The van der Waals surface area contributed by atoms with Crippen LogP contribution in [0.5, 0.6) is 5.75 Å². The van der Waals surface area contributed by atoms with Crippen LogP contribution in [0.4, 0.5) is 0 Å². The number of ether oxygens (including phenoxy) is 1. The molecule has 1 aliphatic rings. The van der Waals surface area contributed by atoms with E-state index in [1.807, 2.05) is 23.1 Å². The maximum Gasteiger partial charge on any atom is 0.223 e. The van der Waals surface area contributed by atoms with Gasteiger partial charge in [-0.15, -0.1) is 11.3 Å². The molecule has 3 rings (SSSR count). The second kappa shape index (κ2) is 8.31. The van der Waals surface area contributed by atoms with Crippen LogP contribution in [0.25, 0.3) is 0 Å². The number of aryl methyl sites for hydroxylation is 1. The SMILES string of the molecule is COc1cccc(CN2CCN(C(=O)CCc3cccs3)CC2)c1. The van der Waals surface area contributed by atoms with Gasteiger partial charge in [0.15, 0.2) is 0 Å². The van der Waals surface area contributed by atoms with Gasteiger partial charge in [-0.3, -0.25) is 9.69 Å². The van der Waals surface area contributed by atoms with E-state index in [4.69, 9.17) is 4.74 Å². The first-order chi connectivity index (χ1) is 11.7. The zero-order valence-corrected chi connectivity index (χ0v) is 14.9. The fourth-order valence-electron chi connectivity index (χ4n) is 3.03. The molecule has 0 atom stereocenters. The highest BCUT2D eigenvalue weighted by Crippen LogP contribution is 2.16. The number of benzene rings is 1. The summed E-state index contributed by atoms with van der Waals surface area (Å²) >= 11 is 1.73. The van der Waals surface area contributed by atoms with Crippen molar-refractivity contribution < 1.29 is 9.53 Å². The number of methoxy groups -OCH3 is 1. The molecule has 0 radical (unpaired) electrons. The van der Waals surface area contributed by atoms with Gasteiger partial charge in [0.25, 0.3) is 0 Å². The summed E-state index contributed by atoms with van der Waals surface area (Å²) in [6.07, 6.45) is 1.48. The van der Waals surface area contributed by atoms with Crippen LogP contribution in [0.3, 0.4) is 0 Å². The Morgan fingerprint density at radius 1 is 1.17 bits per heavy atom. The van der Waals surface area contributed by atoms with Crippen LogP contribution in [-0.2, 0) is 17.8 Å². The number of hydrogen-bond acceptors (Lipinski definition) is 4. The first-order valence-corrected chi connectivity index (χ1v) is 9.28. The summed E-state index contributed by atoms with van der Waals surface area (Å²) in [5, 5.41) is 2.07. The van der Waals surface area contributed by atoms with Gasteiger partial charge in [0.2, 0.25) is 5.91 Å². The molecule has 1 amide bonds. The largest absolute Gasteiger partial charge is 0.497 e. The van der Waals surface area contributed by atoms with E-state index in [2.05, 4.69) is 28.5 Å². The molecule has 1 aliphatic heterocycles. The second-order valence-corrected chi connectivity index (χ2v) is 7.12. The Bertz CT molecular complexity index is 649. The molecular weight excluding hydrogens is 320 g/mol. The minimum Gasteiger partial charge on any atom is -0.497 e. The molecule has 0 unspecified atom stereocenters. The maximum atomic E-state index is 12.3. The first-order valence-electron chi connectivity index (χ1n) is 8.40. The molecule has 0 spiro atoms. The minimum absolute atomic E-state index is 0.282. The smallest absolute Gasteiger partial charge is 0.223 e. The summed E-state index contributed by atoms with van der Waals surface area (Å²) < 4.78 is 5.28. The molecule has 1 fully saturated rings. The van der Waals surface area contributed by atoms with Crippen molar-refractivity contribution in [1.82, 2.24) is 9.80 Å². The van der Waals surface area contributed by atoms with E-state index in [1.54, 1.807) is 18.4 Å². The van der Waals surface area contributed by atoms with E-state index in [0.717, 1.165) is 44.9 Å². The molecule has 0 aliphatic carbocycles. The van der Waals surface area contributed by atoms with E-state index in [0.29, 0.717) is 6.42 Å². The van der Waals surface area contributed by atoms with Crippen molar-refractivity contribution in [1.29, 1.82) is 0 Å². The lowest BCUT2D eigenvalue weighted by molar-refractivity contribution is -0.132. The molecule has 128 valence electrons. The Kier molecular flexibility index (Phi) is 5.88. The van der Waals surface area contributed by atoms with Crippen molar-refractivity contribution in [2.24, 2.45) is 0 Å². The van der Waals surface area contributed by atoms with Gasteiger partial charge in [-0.25, -0.2) is 0 Å². The van der Waals surface area contributed by atoms with Gasteiger partial charge in [0.1, 0.15) is 5.75 Å². The monoisotopic (exact) mass is 344 g/mol. The number of piperazine rings is 1. The van der Waals surface area contributed by atoms with Crippen LogP contribution >= 0.6 is 11.3 Å². The van der Waals surface area contributed by atoms with E-state index in [1.165, 1.54) is 10.4 Å². The van der Waals surface area contributed by atoms with E-state index in [9.17, 15) is 4.79 Å². The number of carbonyl (C=O) groups is 1. The minimum atomic E-state index is 0.282. The third-order valence-electron chi connectivity index (χ3n) is 4.43. The van der Waals surface area contributed by atoms with Gasteiger partial charge in [0.05, 0.1) is 7.11 Å². The first kappa shape index (κ1) is 17.0. The van der Waals surface area contributed by atoms with Crippen molar-refractivity contribution in [3.8, 4) is 5.75 Å². The summed E-state index contributed by atoms with van der Waals surface area (Å²) in [6, 6.07) is 12.3. The molecule has 5 heteroatoms. The molecule has 4 nitrogen and oxygen atoms in total. The van der Waals surface area contributed by atoms with Crippen LogP contribution in [0.2, 0.25) is 0 Å². The molecule has 1 aromatic carbocycles. The second-order valence-electron chi connectivity index (χ2n) is 6.09. The zero-order valence-electron chi connectivity index (χ0n) is 14.1. The van der Waals surface area contributed by atoms with Gasteiger partial charge < -0.3 is 9.64 Å². The quantitative estimate of drug-likeness (QED) is 0.807. The summed E-state index contributed by atoms with van der Waals surface area (Å²) in [4.78, 5) is 18.0. The van der Waals surface area contributed by atoms with Gasteiger partial charge in [-0.2, -0.15) is 0 Å². The molecule has 2 heterocycles. The topological polar surface area (TPSA) is 32.8 Å². The third-order valence-corrected chi connectivity index (χ3v) is 5.37. The number of thiophene rings is 1.